The molecule has 0 saturated carbocycles. The Kier molecular flexibility index (Phi) is 3.58. The van der Waals surface area contributed by atoms with Crippen LogP contribution >= 0.6 is 11.3 Å². The smallest absolute Gasteiger partial charge is 0.157 e. The SMILES string of the molecule is Nc1nccc2scc(-c3ccc4ccc(-c5ccccn5)nc4c3F)c12. The highest BCUT2D eigenvalue weighted by molar-refractivity contribution is 7.17. The minimum atomic E-state index is -0.367. The molecule has 130 valence electrons. The average molecular weight is 372 g/mol. The van der Waals surface area contributed by atoms with Crippen LogP contribution in [0.15, 0.2) is 66.3 Å². The summed E-state index contributed by atoms with van der Waals surface area (Å²) >= 11 is 1.52. The van der Waals surface area contributed by atoms with E-state index in [1.54, 1.807) is 18.5 Å². The third-order valence-electron chi connectivity index (χ3n) is 4.53. The van der Waals surface area contributed by atoms with Crippen molar-refractivity contribution in [2.24, 2.45) is 0 Å². The first-order chi connectivity index (χ1) is 13.2. The normalized spacial score (nSPS) is 11.3. The van der Waals surface area contributed by atoms with Gasteiger partial charge < -0.3 is 5.73 Å². The molecular formula is C21H13FN4S. The Morgan fingerprint density at radius 1 is 0.852 bits per heavy atom. The highest BCUT2D eigenvalue weighted by Crippen LogP contribution is 2.39. The maximum atomic E-state index is 15.4. The van der Waals surface area contributed by atoms with Crippen LogP contribution in [0.3, 0.4) is 0 Å². The first kappa shape index (κ1) is 15.8. The maximum absolute atomic E-state index is 15.4. The Labute approximate surface area is 158 Å². The number of fused-ring (bicyclic) bond motifs is 2. The maximum Gasteiger partial charge on any atom is 0.157 e. The van der Waals surface area contributed by atoms with Gasteiger partial charge in [-0.3, -0.25) is 4.98 Å². The second-order valence-electron chi connectivity index (χ2n) is 6.13. The van der Waals surface area contributed by atoms with Crippen molar-refractivity contribution in [2.75, 3.05) is 5.73 Å². The molecule has 0 amide bonds. The van der Waals surface area contributed by atoms with Crippen LogP contribution in [0.25, 0.3) is 43.5 Å². The van der Waals surface area contributed by atoms with Gasteiger partial charge in [0.1, 0.15) is 11.3 Å². The third-order valence-corrected chi connectivity index (χ3v) is 5.48. The lowest BCUT2D eigenvalue weighted by Gasteiger charge is -2.08. The fourth-order valence-corrected chi connectivity index (χ4v) is 4.19. The molecule has 4 nitrogen and oxygen atoms in total. The topological polar surface area (TPSA) is 64.7 Å². The number of nitrogens with two attached hydrogens (primary N) is 1. The lowest BCUT2D eigenvalue weighted by Crippen LogP contribution is -1.94. The number of hydrogen-bond donors (Lipinski definition) is 1. The number of anilines is 1. The van der Waals surface area contributed by atoms with Gasteiger partial charge in [0.25, 0.3) is 0 Å². The molecule has 0 aliphatic carbocycles. The van der Waals surface area contributed by atoms with Gasteiger partial charge in [0.05, 0.1) is 11.4 Å². The third kappa shape index (κ3) is 2.53. The van der Waals surface area contributed by atoms with Gasteiger partial charge >= 0.3 is 0 Å². The average Bonchev–Trinajstić information content (AvgIpc) is 3.14. The second-order valence-corrected chi connectivity index (χ2v) is 7.04. The minimum Gasteiger partial charge on any atom is -0.383 e. The molecule has 2 N–H and O–H groups in total. The zero-order valence-corrected chi connectivity index (χ0v) is 14.9. The van der Waals surface area contributed by atoms with Crippen molar-refractivity contribution in [1.82, 2.24) is 15.0 Å². The number of benzene rings is 1. The molecule has 0 atom stereocenters. The first-order valence-electron chi connectivity index (χ1n) is 8.35. The molecule has 0 spiro atoms. The predicted molar refractivity (Wildman–Crippen MR) is 108 cm³/mol. The molecule has 6 heteroatoms. The molecule has 5 aromatic rings. The fraction of sp³-hybridized carbons (Fsp3) is 0. The Hall–Kier alpha value is -3.38. The highest BCUT2D eigenvalue weighted by Gasteiger charge is 2.17. The number of thiophene rings is 1. The lowest BCUT2D eigenvalue weighted by molar-refractivity contribution is 0.640. The molecule has 0 aliphatic rings. The van der Waals surface area contributed by atoms with Crippen molar-refractivity contribution in [3.63, 3.8) is 0 Å². The quantitative estimate of drug-likeness (QED) is 0.457. The molecule has 0 saturated heterocycles. The zero-order chi connectivity index (χ0) is 18.4. The van der Waals surface area contributed by atoms with Crippen LogP contribution < -0.4 is 5.73 Å². The Morgan fingerprint density at radius 3 is 2.59 bits per heavy atom. The van der Waals surface area contributed by atoms with Crippen LogP contribution in [0.2, 0.25) is 0 Å². The van der Waals surface area contributed by atoms with E-state index in [2.05, 4.69) is 15.0 Å². The number of hydrogen-bond acceptors (Lipinski definition) is 5. The van der Waals surface area contributed by atoms with Gasteiger partial charge in [0.2, 0.25) is 0 Å². The summed E-state index contributed by atoms with van der Waals surface area (Å²) in [5, 5.41) is 3.43. The molecule has 0 unspecified atom stereocenters. The lowest BCUT2D eigenvalue weighted by atomic mass is 10.0. The Balaban J connectivity index is 1.75. The van der Waals surface area contributed by atoms with Crippen molar-refractivity contribution < 1.29 is 4.39 Å². The summed E-state index contributed by atoms with van der Waals surface area (Å²) < 4.78 is 16.4. The van der Waals surface area contributed by atoms with Crippen molar-refractivity contribution in [3.8, 4) is 22.5 Å². The van der Waals surface area contributed by atoms with Crippen LogP contribution in [0.4, 0.5) is 10.2 Å². The van der Waals surface area contributed by atoms with Gasteiger partial charge in [-0.25, -0.2) is 14.4 Å². The van der Waals surface area contributed by atoms with Crippen molar-refractivity contribution in [1.29, 1.82) is 0 Å². The van der Waals surface area contributed by atoms with Gasteiger partial charge in [-0.2, -0.15) is 0 Å². The summed E-state index contributed by atoms with van der Waals surface area (Å²) in [6.45, 7) is 0. The first-order valence-corrected chi connectivity index (χ1v) is 9.23. The minimum absolute atomic E-state index is 0.317. The van der Waals surface area contributed by atoms with Gasteiger partial charge in [-0.15, -0.1) is 11.3 Å². The highest BCUT2D eigenvalue weighted by atomic mass is 32.1. The predicted octanol–water partition coefficient (Wildman–Crippen LogP) is 5.29. The molecule has 0 fully saturated rings. The van der Waals surface area contributed by atoms with Gasteiger partial charge in [0.15, 0.2) is 5.82 Å². The van der Waals surface area contributed by atoms with Crippen LogP contribution in [0.1, 0.15) is 0 Å². The van der Waals surface area contributed by atoms with Crippen LogP contribution in [0.5, 0.6) is 0 Å². The van der Waals surface area contributed by atoms with E-state index in [1.165, 1.54) is 11.3 Å². The summed E-state index contributed by atoms with van der Waals surface area (Å²) in [5.74, 6) is 0.0340. The second kappa shape index (κ2) is 6.10. The largest absolute Gasteiger partial charge is 0.383 e. The summed E-state index contributed by atoms with van der Waals surface area (Å²) in [6, 6.07) is 14.8. The van der Waals surface area contributed by atoms with Crippen molar-refractivity contribution >= 4 is 38.1 Å². The Morgan fingerprint density at radius 2 is 1.74 bits per heavy atom. The van der Waals surface area contributed by atoms with Crippen molar-refractivity contribution in [3.05, 3.63) is 72.1 Å². The molecule has 1 aromatic carbocycles. The van der Waals surface area contributed by atoms with Crippen LogP contribution in [-0.2, 0) is 0 Å². The molecular weight excluding hydrogens is 359 g/mol. The summed E-state index contributed by atoms with van der Waals surface area (Å²) in [5.41, 5.74) is 8.92. The zero-order valence-electron chi connectivity index (χ0n) is 14.1. The van der Waals surface area contributed by atoms with E-state index in [0.29, 0.717) is 28.3 Å². The van der Waals surface area contributed by atoms with E-state index >= 15 is 4.39 Å². The molecule has 0 bridgehead atoms. The summed E-state index contributed by atoms with van der Waals surface area (Å²) in [4.78, 5) is 13.0. The number of aromatic nitrogens is 3. The number of rotatable bonds is 2. The fourth-order valence-electron chi connectivity index (χ4n) is 3.23. The monoisotopic (exact) mass is 372 g/mol. The molecule has 4 heterocycles. The van der Waals surface area contributed by atoms with E-state index in [-0.39, 0.29) is 5.82 Å². The van der Waals surface area contributed by atoms with E-state index in [0.717, 1.165) is 21.0 Å². The molecule has 27 heavy (non-hydrogen) atoms. The van der Waals surface area contributed by atoms with Crippen LogP contribution in [-0.4, -0.2) is 15.0 Å². The number of halogens is 1. The number of pyridine rings is 3. The molecule has 0 aliphatic heterocycles. The van der Waals surface area contributed by atoms with Gasteiger partial charge in [-0.1, -0.05) is 24.3 Å². The summed E-state index contributed by atoms with van der Waals surface area (Å²) in [6.07, 6.45) is 3.36. The molecule has 0 radical (unpaired) electrons. The van der Waals surface area contributed by atoms with E-state index in [4.69, 9.17) is 5.73 Å². The standard InChI is InChI=1S/C21H13FN4S/c22-19-13(14-11-27-17-8-10-25-21(23)18(14)17)6-4-12-5-7-16(26-20(12)19)15-3-1-2-9-24-15/h1-11H,(H2,23,25). The van der Waals surface area contributed by atoms with E-state index < -0.39 is 0 Å². The van der Waals surface area contributed by atoms with Gasteiger partial charge in [0, 0.05) is 44.4 Å². The van der Waals surface area contributed by atoms with Gasteiger partial charge in [-0.05, 0) is 24.3 Å². The van der Waals surface area contributed by atoms with E-state index in [1.807, 2.05) is 47.8 Å². The molecule has 5 rings (SSSR count). The van der Waals surface area contributed by atoms with Crippen LogP contribution in [0, 0.1) is 5.82 Å². The number of nitrogen functional groups attached to an aromatic ring is 1. The van der Waals surface area contributed by atoms with Crippen molar-refractivity contribution in [2.45, 2.75) is 0 Å². The summed E-state index contributed by atoms with van der Waals surface area (Å²) in [7, 11) is 0. The number of nitrogens with zero attached hydrogens (tertiary/aromatic N) is 3. The molecule has 4 aromatic heterocycles. The Bertz CT molecular complexity index is 1300. The van der Waals surface area contributed by atoms with E-state index in [9.17, 15) is 0 Å².